The van der Waals surface area contributed by atoms with Crippen molar-refractivity contribution in [2.75, 3.05) is 0 Å². The van der Waals surface area contributed by atoms with E-state index in [2.05, 4.69) is 10.2 Å². The Kier molecular flexibility index (Phi) is 2.82. The van der Waals surface area contributed by atoms with E-state index in [-0.39, 0.29) is 21.2 Å². The first kappa shape index (κ1) is 10.9. The molecule has 0 saturated carbocycles. The Labute approximate surface area is 100 Å². The molecule has 0 aliphatic heterocycles. The standard InChI is InChI=1S/C10H4Cl2FN3/c11-6-1-5(3-14)9(13)7(2-6)10-8(12)4-15-16-10/h1-2,4H,(H,15,16). The highest BCUT2D eigenvalue weighted by Crippen LogP contribution is 2.31. The third-order valence-electron chi connectivity index (χ3n) is 2.02. The van der Waals surface area contributed by atoms with Gasteiger partial charge in [-0.1, -0.05) is 23.2 Å². The Morgan fingerprint density at radius 3 is 2.69 bits per heavy atom. The van der Waals surface area contributed by atoms with E-state index in [1.54, 1.807) is 6.07 Å². The number of halogens is 3. The number of H-pyrrole nitrogens is 1. The van der Waals surface area contributed by atoms with Crippen molar-refractivity contribution in [1.82, 2.24) is 10.2 Å². The highest BCUT2D eigenvalue weighted by molar-refractivity contribution is 6.33. The maximum absolute atomic E-state index is 13.8. The van der Waals surface area contributed by atoms with E-state index < -0.39 is 5.82 Å². The number of aromatic nitrogens is 2. The minimum absolute atomic E-state index is 0.131. The van der Waals surface area contributed by atoms with E-state index >= 15 is 0 Å². The van der Waals surface area contributed by atoms with Crippen molar-refractivity contribution < 1.29 is 4.39 Å². The Bertz CT molecular complexity index is 586. The summed E-state index contributed by atoms with van der Waals surface area (Å²) in [6.45, 7) is 0. The van der Waals surface area contributed by atoms with Gasteiger partial charge in [0.2, 0.25) is 0 Å². The zero-order chi connectivity index (χ0) is 11.7. The van der Waals surface area contributed by atoms with Gasteiger partial charge < -0.3 is 0 Å². The molecule has 0 spiro atoms. The number of benzene rings is 1. The number of aromatic amines is 1. The summed E-state index contributed by atoms with van der Waals surface area (Å²) >= 11 is 11.6. The normalized spacial score (nSPS) is 10.1. The summed E-state index contributed by atoms with van der Waals surface area (Å²) in [5, 5.41) is 15.5. The van der Waals surface area contributed by atoms with E-state index in [0.717, 1.165) is 0 Å². The van der Waals surface area contributed by atoms with Crippen LogP contribution in [0.5, 0.6) is 0 Å². The van der Waals surface area contributed by atoms with Gasteiger partial charge in [0.1, 0.15) is 11.9 Å². The number of rotatable bonds is 1. The van der Waals surface area contributed by atoms with Crippen LogP contribution in [0.2, 0.25) is 10.0 Å². The summed E-state index contributed by atoms with van der Waals surface area (Å²) < 4.78 is 13.8. The zero-order valence-electron chi connectivity index (χ0n) is 7.76. The Morgan fingerprint density at radius 1 is 1.38 bits per heavy atom. The SMILES string of the molecule is N#Cc1cc(Cl)cc(-c2[nH]ncc2Cl)c1F. The molecular formula is C10H4Cl2FN3. The topological polar surface area (TPSA) is 52.5 Å². The third kappa shape index (κ3) is 1.75. The largest absolute Gasteiger partial charge is 0.276 e. The molecule has 16 heavy (non-hydrogen) atoms. The Hall–Kier alpha value is -1.57. The molecular weight excluding hydrogens is 252 g/mol. The van der Waals surface area contributed by atoms with Crippen LogP contribution in [0.25, 0.3) is 11.3 Å². The summed E-state index contributed by atoms with van der Waals surface area (Å²) in [5.41, 5.74) is 0.304. The van der Waals surface area contributed by atoms with Crippen molar-refractivity contribution in [2.24, 2.45) is 0 Å². The molecule has 80 valence electrons. The Balaban J connectivity index is 2.71. The molecule has 3 nitrogen and oxygen atoms in total. The number of nitrogens with zero attached hydrogens (tertiary/aromatic N) is 2. The van der Waals surface area contributed by atoms with Crippen LogP contribution in [0.15, 0.2) is 18.3 Å². The van der Waals surface area contributed by atoms with Crippen LogP contribution in [0.3, 0.4) is 0 Å². The number of nitrogens with one attached hydrogen (secondary N) is 1. The molecule has 0 aliphatic rings. The number of hydrogen-bond donors (Lipinski definition) is 1. The fraction of sp³-hybridized carbons (Fsp3) is 0. The van der Waals surface area contributed by atoms with Crippen LogP contribution in [0.1, 0.15) is 5.56 Å². The summed E-state index contributed by atoms with van der Waals surface area (Å²) in [4.78, 5) is 0. The molecule has 0 aliphatic carbocycles. The lowest BCUT2D eigenvalue weighted by atomic mass is 10.1. The average molecular weight is 256 g/mol. The van der Waals surface area contributed by atoms with Gasteiger partial charge in [0, 0.05) is 10.6 Å². The maximum atomic E-state index is 13.8. The molecule has 1 heterocycles. The number of hydrogen-bond acceptors (Lipinski definition) is 2. The molecule has 1 aromatic heterocycles. The quantitative estimate of drug-likeness (QED) is 0.850. The lowest BCUT2D eigenvalue weighted by Gasteiger charge is -2.03. The molecule has 0 bridgehead atoms. The van der Waals surface area contributed by atoms with E-state index in [0.29, 0.717) is 5.69 Å². The second kappa shape index (κ2) is 4.12. The van der Waals surface area contributed by atoms with E-state index in [1.807, 2.05) is 0 Å². The van der Waals surface area contributed by atoms with Gasteiger partial charge in [-0.05, 0) is 12.1 Å². The molecule has 2 rings (SSSR count). The second-order valence-electron chi connectivity index (χ2n) is 3.02. The smallest absolute Gasteiger partial charge is 0.150 e. The van der Waals surface area contributed by atoms with Gasteiger partial charge in [-0.3, -0.25) is 5.10 Å². The first-order valence-electron chi connectivity index (χ1n) is 4.22. The summed E-state index contributed by atoms with van der Waals surface area (Å²) in [7, 11) is 0. The van der Waals surface area contributed by atoms with Gasteiger partial charge in [0.05, 0.1) is 22.5 Å². The maximum Gasteiger partial charge on any atom is 0.150 e. The lowest BCUT2D eigenvalue weighted by molar-refractivity contribution is 0.627. The molecule has 1 N–H and O–H groups in total. The molecule has 6 heteroatoms. The fourth-order valence-corrected chi connectivity index (χ4v) is 1.72. The van der Waals surface area contributed by atoms with E-state index in [9.17, 15) is 4.39 Å². The molecule has 0 unspecified atom stereocenters. The van der Waals surface area contributed by atoms with Gasteiger partial charge >= 0.3 is 0 Å². The second-order valence-corrected chi connectivity index (χ2v) is 3.86. The van der Waals surface area contributed by atoms with Gasteiger partial charge in [-0.25, -0.2) is 4.39 Å². The van der Waals surface area contributed by atoms with Gasteiger partial charge in [-0.15, -0.1) is 0 Å². The molecule has 0 amide bonds. The Morgan fingerprint density at radius 2 is 2.12 bits per heavy atom. The van der Waals surface area contributed by atoms with Crippen molar-refractivity contribution in [3.8, 4) is 17.3 Å². The minimum Gasteiger partial charge on any atom is -0.276 e. The predicted molar refractivity (Wildman–Crippen MR) is 58.7 cm³/mol. The molecule has 2 aromatic rings. The van der Waals surface area contributed by atoms with Crippen LogP contribution in [-0.4, -0.2) is 10.2 Å². The first-order valence-corrected chi connectivity index (χ1v) is 4.97. The fourth-order valence-electron chi connectivity index (χ4n) is 1.31. The zero-order valence-corrected chi connectivity index (χ0v) is 9.27. The van der Waals surface area contributed by atoms with Crippen LogP contribution in [0.4, 0.5) is 4.39 Å². The molecule has 0 atom stereocenters. The summed E-state index contributed by atoms with van der Waals surface area (Å²) in [6.07, 6.45) is 1.35. The van der Waals surface area contributed by atoms with Crippen LogP contribution in [0, 0.1) is 17.1 Å². The van der Waals surface area contributed by atoms with Crippen molar-refractivity contribution in [3.05, 3.63) is 39.8 Å². The van der Waals surface area contributed by atoms with Crippen LogP contribution < -0.4 is 0 Å². The van der Waals surface area contributed by atoms with Gasteiger partial charge in [0.25, 0.3) is 0 Å². The van der Waals surface area contributed by atoms with Crippen molar-refractivity contribution >= 4 is 23.2 Å². The molecule has 0 radical (unpaired) electrons. The monoisotopic (exact) mass is 255 g/mol. The van der Waals surface area contributed by atoms with E-state index in [1.165, 1.54) is 18.3 Å². The third-order valence-corrected chi connectivity index (χ3v) is 2.53. The molecule has 0 saturated heterocycles. The van der Waals surface area contributed by atoms with E-state index in [4.69, 9.17) is 28.5 Å². The molecule has 1 aromatic carbocycles. The predicted octanol–water partition coefficient (Wildman–Crippen LogP) is 3.39. The van der Waals surface area contributed by atoms with Crippen molar-refractivity contribution in [2.45, 2.75) is 0 Å². The van der Waals surface area contributed by atoms with Crippen molar-refractivity contribution in [3.63, 3.8) is 0 Å². The van der Waals surface area contributed by atoms with Gasteiger partial charge in [0.15, 0.2) is 0 Å². The minimum atomic E-state index is -0.668. The lowest BCUT2D eigenvalue weighted by Crippen LogP contribution is -1.91. The van der Waals surface area contributed by atoms with Crippen molar-refractivity contribution in [1.29, 1.82) is 5.26 Å². The first-order chi connectivity index (χ1) is 7.63. The van der Waals surface area contributed by atoms with Crippen LogP contribution in [-0.2, 0) is 0 Å². The highest BCUT2D eigenvalue weighted by atomic mass is 35.5. The highest BCUT2D eigenvalue weighted by Gasteiger charge is 2.15. The van der Waals surface area contributed by atoms with Gasteiger partial charge in [-0.2, -0.15) is 10.4 Å². The summed E-state index contributed by atoms with van der Waals surface area (Å²) in [6, 6.07) is 4.36. The average Bonchev–Trinajstić information content (AvgIpc) is 2.67. The van der Waals surface area contributed by atoms with Crippen LogP contribution >= 0.6 is 23.2 Å². The summed E-state index contributed by atoms with van der Waals surface area (Å²) in [5.74, 6) is -0.668. The number of nitriles is 1. The molecule has 0 fully saturated rings.